The number of hydrogen-bond donors (Lipinski definition) is 1. The number of halogens is 1. The fourth-order valence-corrected chi connectivity index (χ4v) is 4.42. The van der Waals surface area contributed by atoms with E-state index >= 15 is 0 Å². The number of hydrogen-bond acceptors (Lipinski definition) is 5. The molecule has 0 bridgehead atoms. The molecule has 6 nitrogen and oxygen atoms in total. The fraction of sp³-hybridized carbons (Fsp3) is 0.526. The molecule has 0 spiro atoms. The van der Waals surface area contributed by atoms with Crippen LogP contribution in [0.4, 0.5) is 0 Å². The molecule has 2 heterocycles. The summed E-state index contributed by atoms with van der Waals surface area (Å²) < 4.78 is 5.48. The van der Waals surface area contributed by atoms with Gasteiger partial charge in [-0.15, -0.1) is 12.4 Å². The minimum Gasteiger partial charge on any atom is -0.481 e. The number of carboxylic acid groups (broad SMARTS) is 1. The molecule has 1 aromatic heterocycles. The fourth-order valence-electron chi connectivity index (χ4n) is 4.42. The Morgan fingerprint density at radius 3 is 2.88 bits per heavy atom. The van der Waals surface area contributed by atoms with Crippen molar-refractivity contribution in [2.75, 3.05) is 13.1 Å². The van der Waals surface area contributed by atoms with E-state index in [9.17, 15) is 9.90 Å². The molecule has 1 unspecified atom stereocenters. The predicted octanol–water partition coefficient (Wildman–Crippen LogP) is 3.33. The van der Waals surface area contributed by atoms with Crippen LogP contribution in [-0.4, -0.2) is 39.2 Å². The Hall–Kier alpha value is -1.92. The SMILES string of the molecule is CC(c1nc(Cc2ccccc2)no1)N1C[C@@H]2CCC[C@@]2(C(=O)O)C1.Cl. The topological polar surface area (TPSA) is 79.5 Å². The van der Waals surface area contributed by atoms with Gasteiger partial charge in [-0.3, -0.25) is 9.69 Å². The normalized spacial score (nSPS) is 26.3. The molecule has 1 N–H and O–H groups in total. The van der Waals surface area contributed by atoms with Gasteiger partial charge in [0.2, 0.25) is 5.89 Å². The summed E-state index contributed by atoms with van der Waals surface area (Å²) in [4.78, 5) is 18.6. The number of carboxylic acids is 1. The molecule has 2 fully saturated rings. The van der Waals surface area contributed by atoms with Crippen LogP contribution in [0.25, 0.3) is 0 Å². The first-order valence-corrected chi connectivity index (χ1v) is 8.92. The predicted molar refractivity (Wildman–Crippen MR) is 98.2 cm³/mol. The third-order valence-corrected chi connectivity index (χ3v) is 5.92. The lowest BCUT2D eigenvalue weighted by molar-refractivity contribution is -0.149. The molecule has 7 heteroatoms. The van der Waals surface area contributed by atoms with Crippen molar-refractivity contribution in [2.24, 2.45) is 11.3 Å². The van der Waals surface area contributed by atoms with Crippen LogP contribution in [0.15, 0.2) is 34.9 Å². The van der Waals surface area contributed by atoms with Crippen LogP contribution < -0.4 is 0 Å². The van der Waals surface area contributed by atoms with Gasteiger partial charge in [0.05, 0.1) is 11.5 Å². The van der Waals surface area contributed by atoms with E-state index in [-0.39, 0.29) is 24.4 Å². The van der Waals surface area contributed by atoms with Crippen LogP contribution in [0.2, 0.25) is 0 Å². The van der Waals surface area contributed by atoms with E-state index in [1.54, 1.807) is 0 Å². The Bertz CT molecular complexity index is 766. The van der Waals surface area contributed by atoms with Gasteiger partial charge in [-0.05, 0) is 31.2 Å². The molecule has 1 aliphatic carbocycles. The summed E-state index contributed by atoms with van der Waals surface area (Å²) in [6.45, 7) is 3.39. The van der Waals surface area contributed by atoms with Gasteiger partial charge < -0.3 is 9.63 Å². The molecule has 3 atom stereocenters. The molecule has 140 valence electrons. The summed E-state index contributed by atoms with van der Waals surface area (Å²) in [7, 11) is 0. The highest BCUT2D eigenvalue weighted by atomic mass is 35.5. The molecular formula is C19H24ClN3O3. The monoisotopic (exact) mass is 377 g/mol. The first kappa shape index (κ1) is 18.9. The molecule has 0 radical (unpaired) electrons. The average molecular weight is 378 g/mol. The van der Waals surface area contributed by atoms with Crippen molar-refractivity contribution in [3.8, 4) is 0 Å². The van der Waals surface area contributed by atoms with Gasteiger partial charge in [-0.2, -0.15) is 4.98 Å². The lowest BCUT2D eigenvalue weighted by Gasteiger charge is -2.25. The van der Waals surface area contributed by atoms with Crippen LogP contribution in [0.5, 0.6) is 0 Å². The van der Waals surface area contributed by atoms with Crippen LogP contribution in [0, 0.1) is 11.3 Å². The summed E-state index contributed by atoms with van der Waals surface area (Å²) in [5.41, 5.74) is 0.560. The smallest absolute Gasteiger partial charge is 0.311 e. The summed E-state index contributed by atoms with van der Waals surface area (Å²) in [6.07, 6.45) is 3.43. The number of benzene rings is 1. The third-order valence-electron chi connectivity index (χ3n) is 5.92. The quantitative estimate of drug-likeness (QED) is 0.860. The van der Waals surface area contributed by atoms with Crippen molar-refractivity contribution < 1.29 is 14.4 Å². The van der Waals surface area contributed by atoms with E-state index in [2.05, 4.69) is 15.0 Å². The Kier molecular flexibility index (Phi) is 5.34. The van der Waals surface area contributed by atoms with E-state index in [1.807, 2.05) is 37.3 Å². The van der Waals surface area contributed by atoms with Crippen LogP contribution in [-0.2, 0) is 11.2 Å². The second-order valence-corrected chi connectivity index (χ2v) is 7.37. The molecule has 1 saturated carbocycles. The first-order valence-electron chi connectivity index (χ1n) is 8.92. The van der Waals surface area contributed by atoms with E-state index in [0.717, 1.165) is 31.4 Å². The minimum absolute atomic E-state index is 0. The van der Waals surface area contributed by atoms with Crippen molar-refractivity contribution in [1.29, 1.82) is 0 Å². The van der Waals surface area contributed by atoms with E-state index in [0.29, 0.717) is 24.7 Å². The Balaban J connectivity index is 0.00000196. The van der Waals surface area contributed by atoms with E-state index < -0.39 is 11.4 Å². The summed E-state index contributed by atoms with van der Waals surface area (Å²) >= 11 is 0. The van der Waals surface area contributed by atoms with Crippen LogP contribution >= 0.6 is 12.4 Å². The Labute approximate surface area is 159 Å². The third kappa shape index (κ3) is 3.23. The average Bonchev–Trinajstić information content (AvgIpc) is 3.29. The van der Waals surface area contributed by atoms with Crippen molar-refractivity contribution in [3.05, 3.63) is 47.6 Å². The van der Waals surface area contributed by atoms with Crippen molar-refractivity contribution in [2.45, 2.75) is 38.6 Å². The highest BCUT2D eigenvalue weighted by Gasteiger charge is 2.55. The lowest BCUT2D eigenvalue weighted by atomic mass is 9.81. The number of aromatic nitrogens is 2. The highest BCUT2D eigenvalue weighted by molar-refractivity contribution is 5.85. The second kappa shape index (κ2) is 7.37. The zero-order chi connectivity index (χ0) is 17.4. The van der Waals surface area contributed by atoms with Crippen molar-refractivity contribution >= 4 is 18.4 Å². The second-order valence-electron chi connectivity index (χ2n) is 7.37. The van der Waals surface area contributed by atoms with Gasteiger partial charge in [-0.1, -0.05) is 41.9 Å². The Morgan fingerprint density at radius 1 is 1.42 bits per heavy atom. The van der Waals surface area contributed by atoms with Crippen LogP contribution in [0.3, 0.4) is 0 Å². The van der Waals surface area contributed by atoms with Crippen LogP contribution in [0.1, 0.15) is 49.5 Å². The maximum atomic E-state index is 11.8. The minimum atomic E-state index is -0.653. The molecule has 2 aromatic rings. The van der Waals surface area contributed by atoms with E-state index in [1.165, 1.54) is 0 Å². The molecule has 1 aliphatic heterocycles. The zero-order valence-corrected chi connectivity index (χ0v) is 15.6. The molecular weight excluding hydrogens is 354 g/mol. The summed E-state index contributed by atoms with van der Waals surface area (Å²) in [5.74, 6) is 0.825. The van der Waals surface area contributed by atoms with Crippen molar-refractivity contribution in [3.63, 3.8) is 0 Å². The van der Waals surface area contributed by atoms with Gasteiger partial charge in [-0.25, -0.2) is 0 Å². The first-order chi connectivity index (χ1) is 12.1. The molecule has 1 saturated heterocycles. The largest absolute Gasteiger partial charge is 0.481 e. The van der Waals surface area contributed by atoms with Gasteiger partial charge in [0.1, 0.15) is 0 Å². The summed E-state index contributed by atoms with van der Waals surface area (Å²) in [5, 5.41) is 13.8. The molecule has 2 aliphatic rings. The number of carbonyl (C=O) groups is 1. The summed E-state index contributed by atoms with van der Waals surface area (Å²) in [6, 6.07) is 9.99. The molecule has 1 aromatic carbocycles. The van der Waals surface area contributed by atoms with Gasteiger partial charge in [0.25, 0.3) is 0 Å². The molecule has 4 rings (SSSR count). The van der Waals surface area contributed by atoms with Crippen molar-refractivity contribution in [1.82, 2.24) is 15.0 Å². The Morgan fingerprint density at radius 2 is 2.19 bits per heavy atom. The number of likely N-dealkylation sites (tertiary alicyclic amines) is 1. The molecule has 0 amide bonds. The standard InChI is InChI=1S/C19H23N3O3.ClH/c1-13(22-11-15-8-5-9-19(15,12-22)18(23)24)17-20-16(21-25-17)10-14-6-3-2-4-7-14;/h2-4,6-7,13,15H,5,8-12H2,1H3,(H,23,24);1H/t13?,15-,19+;/m0./s1. The number of aliphatic carboxylic acids is 1. The maximum Gasteiger partial charge on any atom is 0.311 e. The zero-order valence-electron chi connectivity index (χ0n) is 14.8. The highest BCUT2D eigenvalue weighted by Crippen LogP contribution is 2.50. The maximum absolute atomic E-state index is 11.8. The van der Waals surface area contributed by atoms with Gasteiger partial charge in [0.15, 0.2) is 5.82 Å². The number of nitrogens with zero attached hydrogens (tertiary/aromatic N) is 3. The molecule has 26 heavy (non-hydrogen) atoms. The van der Waals surface area contributed by atoms with Gasteiger partial charge in [0, 0.05) is 19.5 Å². The van der Waals surface area contributed by atoms with Gasteiger partial charge >= 0.3 is 5.97 Å². The lowest BCUT2D eigenvalue weighted by Crippen LogP contribution is -2.36. The van der Waals surface area contributed by atoms with E-state index in [4.69, 9.17) is 4.52 Å². The number of rotatable bonds is 5. The number of fused-ring (bicyclic) bond motifs is 1.